The molecular weight excluding hydrogens is 246 g/mol. The van der Waals surface area contributed by atoms with Crippen LogP contribution in [0.15, 0.2) is 0 Å². The summed E-state index contributed by atoms with van der Waals surface area (Å²) in [5.74, 6) is 1.49. The van der Waals surface area contributed by atoms with Gasteiger partial charge in [-0.2, -0.15) is 5.26 Å². The summed E-state index contributed by atoms with van der Waals surface area (Å²) in [4.78, 5) is 2.56. The molecule has 3 heteroatoms. The van der Waals surface area contributed by atoms with Crippen LogP contribution in [-0.2, 0) is 0 Å². The zero-order valence-corrected chi connectivity index (χ0v) is 13.3. The van der Waals surface area contributed by atoms with E-state index in [1.807, 2.05) is 0 Å². The first-order valence-electron chi connectivity index (χ1n) is 8.62. The van der Waals surface area contributed by atoms with Gasteiger partial charge in [0.05, 0.1) is 6.07 Å². The van der Waals surface area contributed by atoms with Crippen molar-refractivity contribution in [3.8, 4) is 6.07 Å². The van der Waals surface area contributed by atoms with Crippen molar-refractivity contribution in [3.63, 3.8) is 0 Å². The van der Waals surface area contributed by atoms with E-state index in [-0.39, 0.29) is 5.54 Å². The molecule has 2 unspecified atom stereocenters. The maximum atomic E-state index is 9.77. The van der Waals surface area contributed by atoms with E-state index in [0.29, 0.717) is 5.92 Å². The van der Waals surface area contributed by atoms with Crippen LogP contribution in [0.3, 0.4) is 0 Å². The van der Waals surface area contributed by atoms with Crippen molar-refractivity contribution in [1.82, 2.24) is 10.2 Å². The molecule has 1 N–H and O–H groups in total. The summed E-state index contributed by atoms with van der Waals surface area (Å²) in [7, 11) is 0. The lowest BCUT2D eigenvalue weighted by Crippen LogP contribution is -2.54. The molecule has 0 aromatic heterocycles. The molecule has 3 nitrogen and oxygen atoms in total. The van der Waals surface area contributed by atoms with Gasteiger partial charge in [-0.25, -0.2) is 0 Å². The monoisotopic (exact) mass is 277 g/mol. The summed E-state index contributed by atoms with van der Waals surface area (Å²) >= 11 is 0. The molecule has 1 aliphatic carbocycles. The Morgan fingerprint density at radius 2 is 2.00 bits per heavy atom. The van der Waals surface area contributed by atoms with Crippen LogP contribution in [0, 0.1) is 23.2 Å². The molecule has 0 aromatic rings. The van der Waals surface area contributed by atoms with Gasteiger partial charge in [0.25, 0.3) is 0 Å². The molecule has 2 rings (SSSR count). The van der Waals surface area contributed by atoms with Crippen LogP contribution >= 0.6 is 0 Å². The molecule has 1 aliphatic heterocycles. The molecular formula is C17H31N3. The minimum absolute atomic E-state index is 0.276. The Bertz CT molecular complexity index is 332. The fraction of sp³-hybridized carbons (Fsp3) is 0.941. The van der Waals surface area contributed by atoms with Crippen LogP contribution in [0.4, 0.5) is 0 Å². The Balaban J connectivity index is 1.95. The quantitative estimate of drug-likeness (QED) is 0.777. The van der Waals surface area contributed by atoms with Crippen molar-refractivity contribution in [2.24, 2.45) is 11.8 Å². The molecule has 2 fully saturated rings. The van der Waals surface area contributed by atoms with E-state index in [4.69, 9.17) is 0 Å². The van der Waals surface area contributed by atoms with Gasteiger partial charge < -0.3 is 4.90 Å². The smallest absolute Gasteiger partial charge is 0.122 e. The highest BCUT2D eigenvalue weighted by atomic mass is 15.2. The molecule has 114 valence electrons. The summed E-state index contributed by atoms with van der Waals surface area (Å²) in [6.45, 7) is 8.76. The fourth-order valence-corrected chi connectivity index (χ4v) is 3.56. The van der Waals surface area contributed by atoms with E-state index in [9.17, 15) is 5.26 Å². The molecule has 0 radical (unpaired) electrons. The van der Waals surface area contributed by atoms with Gasteiger partial charge >= 0.3 is 0 Å². The molecule has 2 aliphatic rings. The molecule has 20 heavy (non-hydrogen) atoms. The van der Waals surface area contributed by atoms with Crippen LogP contribution in [0.5, 0.6) is 0 Å². The molecule has 0 spiro atoms. The number of likely N-dealkylation sites (tertiary alicyclic amines) is 1. The fourth-order valence-electron chi connectivity index (χ4n) is 3.56. The van der Waals surface area contributed by atoms with E-state index in [1.54, 1.807) is 0 Å². The second kappa shape index (κ2) is 7.43. The van der Waals surface area contributed by atoms with Crippen molar-refractivity contribution >= 4 is 0 Å². The minimum Gasteiger partial charge on any atom is -0.300 e. The van der Waals surface area contributed by atoms with Gasteiger partial charge in [0, 0.05) is 6.54 Å². The zero-order valence-electron chi connectivity index (χ0n) is 13.3. The third kappa shape index (κ3) is 3.96. The summed E-state index contributed by atoms with van der Waals surface area (Å²) in [5, 5.41) is 13.4. The molecule has 1 saturated heterocycles. The van der Waals surface area contributed by atoms with Crippen molar-refractivity contribution in [2.75, 3.05) is 26.2 Å². The molecule has 0 amide bonds. The van der Waals surface area contributed by atoms with Gasteiger partial charge in [0.15, 0.2) is 0 Å². The Kier molecular flexibility index (Phi) is 5.86. The second-order valence-electron chi connectivity index (χ2n) is 6.77. The number of rotatable bonds is 7. The first-order chi connectivity index (χ1) is 9.74. The number of hydrogen-bond donors (Lipinski definition) is 1. The number of nitrogens with one attached hydrogen (secondary N) is 1. The van der Waals surface area contributed by atoms with Crippen LogP contribution < -0.4 is 5.32 Å². The predicted molar refractivity (Wildman–Crippen MR) is 83.4 cm³/mol. The lowest BCUT2D eigenvalue weighted by atomic mass is 9.93. The highest BCUT2D eigenvalue weighted by molar-refractivity contribution is 5.16. The largest absolute Gasteiger partial charge is 0.300 e. The summed E-state index contributed by atoms with van der Waals surface area (Å²) in [6, 6.07) is 2.65. The summed E-state index contributed by atoms with van der Waals surface area (Å²) in [6.07, 6.45) is 8.88. The van der Waals surface area contributed by atoms with Gasteiger partial charge in [-0.05, 0) is 70.0 Å². The summed E-state index contributed by atoms with van der Waals surface area (Å²) < 4.78 is 0. The third-order valence-corrected chi connectivity index (χ3v) is 5.15. The first kappa shape index (κ1) is 15.8. The molecule has 2 atom stereocenters. The second-order valence-corrected chi connectivity index (χ2v) is 6.77. The zero-order chi connectivity index (χ0) is 14.4. The van der Waals surface area contributed by atoms with E-state index in [0.717, 1.165) is 25.4 Å². The van der Waals surface area contributed by atoms with Crippen molar-refractivity contribution in [2.45, 2.75) is 64.3 Å². The van der Waals surface area contributed by atoms with E-state index >= 15 is 0 Å². The van der Waals surface area contributed by atoms with E-state index in [2.05, 4.69) is 30.1 Å². The maximum Gasteiger partial charge on any atom is 0.122 e. The maximum absolute atomic E-state index is 9.77. The topological polar surface area (TPSA) is 39.1 Å². The highest BCUT2D eigenvalue weighted by Crippen LogP contribution is 2.40. The lowest BCUT2D eigenvalue weighted by molar-refractivity contribution is 0.199. The van der Waals surface area contributed by atoms with Crippen LogP contribution in [0.1, 0.15) is 58.8 Å². The highest BCUT2D eigenvalue weighted by Gasteiger charge is 2.46. The summed E-state index contributed by atoms with van der Waals surface area (Å²) in [5.41, 5.74) is -0.276. The Morgan fingerprint density at radius 3 is 2.60 bits per heavy atom. The minimum atomic E-state index is -0.276. The number of hydrogen-bond acceptors (Lipinski definition) is 3. The van der Waals surface area contributed by atoms with Gasteiger partial charge in [0.2, 0.25) is 0 Å². The lowest BCUT2D eigenvalue weighted by Gasteiger charge is -2.34. The predicted octanol–water partition coefficient (Wildman–Crippen LogP) is 3.17. The van der Waals surface area contributed by atoms with Gasteiger partial charge in [-0.3, -0.25) is 5.32 Å². The SMILES string of the molecule is CCCNC(C#N)(CN1CCCC(CC)CC1)C1CC1. The van der Waals surface area contributed by atoms with Crippen molar-refractivity contribution in [1.29, 1.82) is 5.26 Å². The average Bonchev–Trinajstić information content (AvgIpc) is 3.30. The Labute approximate surface area is 124 Å². The normalized spacial score (nSPS) is 27.6. The van der Waals surface area contributed by atoms with Crippen molar-refractivity contribution < 1.29 is 0 Å². The van der Waals surface area contributed by atoms with Gasteiger partial charge in [-0.1, -0.05) is 20.3 Å². The van der Waals surface area contributed by atoms with Gasteiger partial charge in [-0.15, -0.1) is 0 Å². The standard InChI is InChI=1S/C17H31N3/c1-3-10-19-17(13-18,16-7-8-16)14-20-11-5-6-15(4-2)9-12-20/h15-16,19H,3-12,14H2,1-2H3. The van der Waals surface area contributed by atoms with Crippen LogP contribution in [0.25, 0.3) is 0 Å². The molecule has 0 bridgehead atoms. The Morgan fingerprint density at radius 1 is 1.20 bits per heavy atom. The first-order valence-corrected chi connectivity index (χ1v) is 8.62. The molecule has 0 aromatic carbocycles. The van der Waals surface area contributed by atoms with Gasteiger partial charge in [0.1, 0.15) is 5.54 Å². The molecule has 1 heterocycles. The van der Waals surface area contributed by atoms with Crippen LogP contribution in [-0.4, -0.2) is 36.6 Å². The van der Waals surface area contributed by atoms with E-state index < -0.39 is 0 Å². The number of nitrogens with zero attached hydrogens (tertiary/aromatic N) is 2. The third-order valence-electron chi connectivity index (χ3n) is 5.15. The average molecular weight is 277 g/mol. The molecule has 1 saturated carbocycles. The van der Waals surface area contributed by atoms with E-state index in [1.165, 1.54) is 51.6 Å². The van der Waals surface area contributed by atoms with Crippen molar-refractivity contribution in [3.05, 3.63) is 0 Å². The number of nitriles is 1. The van der Waals surface area contributed by atoms with Crippen LogP contribution in [0.2, 0.25) is 0 Å². The Hall–Kier alpha value is -0.590.